The zero-order valence-electron chi connectivity index (χ0n) is 10.6. The summed E-state index contributed by atoms with van der Waals surface area (Å²) in [5.74, 6) is -0.188. The highest BCUT2D eigenvalue weighted by Crippen LogP contribution is 2.19. The van der Waals surface area contributed by atoms with Crippen molar-refractivity contribution in [2.45, 2.75) is 32.9 Å². The lowest BCUT2D eigenvalue weighted by atomic mass is 10.0. The standard InChI is InChI=1S/C14H17FN2S/c1-3-13(11-4-6-12(15)7-5-11)16-8-14-10(2)17-9-18-14/h4-7,9,13,16H,3,8H2,1-2H3. The summed E-state index contributed by atoms with van der Waals surface area (Å²) >= 11 is 1.67. The third kappa shape index (κ3) is 3.15. The molecule has 0 bridgehead atoms. The SMILES string of the molecule is CCC(NCc1scnc1C)c1ccc(F)cc1. The Hall–Kier alpha value is -1.26. The van der Waals surface area contributed by atoms with Gasteiger partial charge in [-0.2, -0.15) is 0 Å². The van der Waals surface area contributed by atoms with E-state index in [1.807, 2.05) is 24.6 Å². The van der Waals surface area contributed by atoms with Crippen LogP contribution in [0.5, 0.6) is 0 Å². The topological polar surface area (TPSA) is 24.9 Å². The van der Waals surface area contributed by atoms with Crippen LogP contribution in [0.3, 0.4) is 0 Å². The summed E-state index contributed by atoms with van der Waals surface area (Å²) in [5.41, 5.74) is 4.08. The number of rotatable bonds is 5. The Labute approximate surface area is 111 Å². The van der Waals surface area contributed by atoms with Gasteiger partial charge in [-0.1, -0.05) is 19.1 Å². The van der Waals surface area contributed by atoms with E-state index in [2.05, 4.69) is 17.2 Å². The van der Waals surface area contributed by atoms with Crippen LogP contribution in [0, 0.1) is 12.7 Å². The molecular weight excluding hydrogens is 247 g/mol. The summed E-state index contributed by atoms with van der Waals surface area (Å²) in [5, 5.41) is 3.50. The molecule has 2 nitrogen and oxygen atoms in total. The minimum Gasteiger partial charge on any atom is -0.305 e. The summed E-state index contributed by atoms with van der Waals surface area (Å²) in [6.07, 6.45) is 0.976. The molecule has 4 heteroatoms. The molecule has 0 fully saturated rings. The highest BCUT2D eigenvalue weighted by atomic mass is 32.1. The molecule has 1 unspecified atom stereocenters. The fraction of sp³-hybridized carbons (Fsp3) is 0.357. The van der Waals surface area contributed by atoms with Crippen molar-refractivity contribution in [1.29, 1.82) is 0 Å². The Balaban J connectivity index is 2.01. The first-order valence-electron chi connectivity index (χ1n) is 6.08. The van der Waals surface area contributed by atoms with E-state index >= 15 is 0 Å². The molecular formula is C14H17FN2S. The lowest BCUT2D eigenvalue weighted by molar-refractivity contribution is 0.519. The largest absolute Gasteiger partial charge is 0.305 e. The molecule has 0 spiro atoms. The number of aryl methyl sites for hydroxylation is 1. The number of aromatic nitrogens is 1. The van der Waals surface area contributed by atoms with Gasteiger partial charge in [0.25, 0.3) is 0 Å². The van der Waals surface area contributed by atoms with Crippen LogP contribution in [0.15, 0.2) is 29.8 Å². The van der Waals surface area contributed by atoms with Crippen LogP contribution in [0.25, 0.3) is 0 Å². The minimum absolute atomic E-state index is 0.188. The van der Waals surface area contributed by atoms with E-state index in [0.29, 0.717) is 0 Å². The van der Waals surface area contributed by atoms with Crippen LogP contribution < -0.4 is 5.32 Å². The molecule has 2 aromatic rings. The lowest BCUT2D eigenvalue weighted by Crippen LogP contribution is -2.20. The predicted octanol–water partition coefficient (Wildman–Crippen LogP) is 3.83. The smallest absolute Gasteiger partial charge is 0.123 e. The molecule has 1 heterocycles. The van der Waals surface area contributed by atoms with Crippen LogP contribution >= 0.6 is 11.3 Å². The van der Waals surface area contributed by atoms with Gasteiger partial charge in [0.05, 0.1) is 11.2 Å². The van der Waals surface area contributed by atoms with Crippen LogP contribution in [0.1, 0.15) is 35.5 Å². The summed E-state index contributed by atoms with van der Waals surface area (Å²) in [6, 6.07) is 6.97. The molecule has 1 N–H and O–H groups in total. The Morgan fingerprint density at radius 3 is 2.61 bits per heavy atom. The van der Waals surface area contributed by atoms with E-state index < -0.39 is 0 Å². The second-order valence-electron chi connectivity index (χ2n) is 4.25. The van der Waals surface area contributed by atoms with Gasteiger partial charge >= 0.3 is 0 Å². The van der Waals surface area contributed by atoms with Crippen molar-refractivity contribution in [3.63, 3.8) is 0 Å². The van der Waals surface area contributed by atoms with Crippen molar-refractivity contribution < 1.29 is 4.39 Å². The van der Waals surface area contributed by atoms with Gasteiger partial charge in [-0.05, 0) is 31.0 Å². The van der Waals surface area contributed by atoms with Gasteiger partial charge in [0, 0.05) is 17.5 Å². The highest BCUT2D eigenvalue weighted by Gasteiger charge is 2.10. The second kappa shape index (κ2) is 6.07. The lowest BCUT2D eigenvalue weighted by Gasteiger charge is -2.17. The van der Waals surface area contributed by atoms with Crippen LogP contribution in [-0.2, 0) is 6.54 Å². The molecule has 0 amide bonds. The average Bonchev–Trinajstić information content (AvgIpc) is 2.78. The van der Waals surface area contributed by atoms with E-state index in [1.54, 1.807) is 11.3 Å². The number of halogens is 1. The summed E-state index contributed by atoms with van der Waals surface area (Å²) < 4.78 is 12.9. The number of hydrogen-bond acceptors (Lipinski definition) is 3. The van der Waals surface area contributed by atoms with Gasteiger partial charge in [0.2, 0.25) is 0 Å². The number of nitrogens with zero attached hydrogens (tertiary/aromatic N) is 1. The molecule has 0 aliphatic carbocycles. The van der Waals surface area contributed by atoms with Crippen molar-refractivity contribution in [3.05, 3.63) is 51.7 Å². The van der Waals surface area contributed by atoms with Crippen molar-refractivity contribution in [2.24, 2.45) is 0 Å². The summed E-state index contributed by atoms with van der Waals surface area (Å²) in [7, 11) is 0. The van der Waals surface area contributed by atoms with E-state index in [1.165, 1.54) is 17.0 Å². The summed E-state index contributed by atoms with van der Waals surface area (Å²) in [4.78, 5) is 5.49. The average molecular weight is 264 g/mol. The highest BCUT2D eigenvalue weighted by molar-refractivity contribution is 7.09. The molecule has 18 heavy (non-hydrogen) atoms. The summed E-state index contributed by atoms with van der Waals surface area (Å²) in [6.45, 7) is 4.96. The third-order valence-electron chi connectivity index (χ3n) is 3.03. The maximum absolute atomic E-state index is 12.9. The monoisotopic (exact) mass is 264 g/mol. The first-order chi connectivity index (χ1) is 8.70. The minimum atomic E-state index is -0.188. The van der Waals surface area contributed by atoms with Gasteiger partial charge in [-0.3, -0.25) is 0 Å². The molecule has 2 rings (SSSR count). The maximum atomic E-state index is 12.9. The van der Waals surface area contributed by atoms with E-state index in [4.69, 9.17) is 0 Å². The Bertz CT molecular complexity index is 493. The molecule has 1 atom stereocenters. The Morgan fingerprint density at radius 1 is 1.33 bits per heavy atom. The number of thiazole rings is 1. The first-order valence-corrected chi connectivity index (χ1v) is 6.96. The van der Waals surface area contributed by atoms with Crippen molar-refractivity contribution >= 4 is 11.3 Å². The second-order valence-corrected chi connectivity index (χ2v) is 5.19. The van der Waals surface area contributed by atoms with E-state index in [9.17, 15) is 4.39 Å². The Kier molecular flexibility index (Phi) is 4.44. The van der Waals surface area contributed by atoms with E-state index in [-0.39, 0.29) is 11.9 Å². The van der Waals surface area contributed by atoms with Crippen molar-refractivity contribution in [1.82, 2.24) is 10.3 Å². The molecule has 0 aliphatic rings. The van der Waals surface area contributed by atoms with Crippen LogP contribution in [0.2, 0.25) is 0 Å². The fourth-order valence-corrected chi connectivity index (χ4v) is 2.63. The molecule has 0 saturated heterocycles. The Morgan fingerprint density at radius 2 is 2.06 bits per heavy atom. The fourth-order valence-electron chi connectivity index (χ4n) is 1.90. The maximum Gasteiger partial charge on any atom is 0.123 e. The first kappa shape index (κ1) is 13.2. The van der Waals surface area contributed by atoms with Crippen LogP contribution in [-0.4, -0.2) is 4.98 Å². The molecule has 96 valence electrons. The van der Waals surface area contributed by atoms with Crippen molar-refractivity contribution in [2.75, 3.05) is 0 Å². The molecule has 1 aromatic carbocycles. The normalized spacial score (nSPS) is 12.6. The van der Waals surface area contributed by atoms with Gasteiger partial charge < -0.3 is 5.32 Å². The van der Waals surface area contributed by atoms with E-state index in [0.717, 1.165) is 24.2 Å². The van der Waals surface area contributed by atoms with Crippen LogP contribution in [0.4, 0.5) is 4.39 Å². The number of nitrogens with one attached hydrogen (secondary N) is 1. The zero-order valence-corrected chi connectivity index (χ0v) is 11.4. The molecule has 0 radical (unpaired) electrons. The zero-order chi connectivity index (χ0) is 13.0. The van der Waals surface area contributed by atoms with Gasteiger partial charge in [0.1, 0.15) is 5.82 Å². The quantitative estimate of drug-likeness (QED) is 0.887. The third-order valence-corrected chi connectivity index (χ3v) is 3.97. The molecule has 1 aromatic heterocycles. The van der Waals surface area contributed by atoms with Crippen molar-refractivity contribution in [3.8, 4) is 0 Å². The number of benzene rings is 1. The number of hydrogen-bond donors (Lipinski definition) is 1. The molecule has 0 aliphatic heterocycles. The predicted molar refractivity (Wildman–Crippen MR) is 73.1 cm³/mol. The van der Waals surface area contributed by atoms with Gasteiger partial charge in [-0.15, -0.1) is 11.3 Å². The molecule has 0 saturated carbocycles. The van der Waals surface area contributed by atoms with Gasteiger partial charge in [-0.25, -0.2) is 9.37 Å². The van der Waals surface area contributed by atoms with Gasteiger partial charge in [0.15, 0.2) is 0 Å².